The van der Waals surface area contributed by atoms with E-state index in [0.29, 0.717) is 44.4 Å². The lowest BCUT2D eigenvalue weighted by Gasteiger charge is -2.24. The van der Waals surface area contributed by atoms with Crippen molar-refractivity contribution in [2.45, 2.75) is 13.5 Å². The van der Waals surface area contributed by atoms with Gasteiger partial charge in [0.2, 0.25) is 5.91 Å². The van der Waals surface area contributed by atoms with Gasteiger partial charge < -0.3 is 23.8 Å². The Kier molecular flexibility index (Phi) is 7.38. The summed E-state index contributed by atoms with van der Waals surface area (Å²) in [6.07, 6.45) is 5.01. The van der Waals surface area contributed by atoms with Crippen molar-refractivity contribution in [3.05, 3.63) is 66.3 Å². The van der Waals surface area contributed by atoms with Crippen LogP contribution < -0.4 is 18.9 Å². The van der Waals surface area contributed by atoms with Gasteiger partial charge in [-0.1, -0.05) is 30.9 Å². The number of rotatable bonds is 9. The van der Waals surface area contributed by atoms with Crippen LogP contribution in [0.1, 0.15) is 18.1 Å². The van der Waals surface area contributed by atoms with Crippen LogP contribution in [0.2, 0.25) is 0 Å². The Morgan fingerprint density at radius 3 is 2.80 bits per heavy atom. The maximum Gasteiger partial charge on any atom is 0.246 e. The van der Waals surface area contributed by atoms with E-state index in [1.54, 1.807) is 30.2 Å². The quantitative estimate of drug-likeness (QED) is 0.461. The zero-order valence-electron chi connectivity index (χ0n) is 17.4. The number of carbonyl (C=O) groups is 1. The summed E-state index contributed by atoms with van der Waals surface area (Å²) in [5.41, 5.74) is 1.78. The molecule has 0 fully saturated rings. The van der Waals surface area contributed by atoms with E-state index in [1.165, 1.54) is 0 Å². The van der Waals surface area contributed by atoms with E-state index >= 15 is 0 Å². The highest BCUT2D eigenvalue weighted by Gasteiger charge is 2.18. The molecule has 0 bridgehead atoms. The smallest absolute Gasteiger partial charge is 0.246 e. The first-order valence-electron chi connectivity index (χ1n) is 9.92. The Morgan fingerprint density at radius 1 is 1.20 bits per heavy atom. The Hall–Kier alpha value is -3.41. The summed E-state index contributed by atoms with van der Waals surface area (Å²) >= 11 is 0. The number of para-hydroxylation sites is 1. The van der Waals surface area contributed by atoms with Gasteiger partial charge in [-0.3, -0.25) is 4.79 Å². The molecule has 2 aromatic rings. The molecule has 0 saturated heterocycles. The summed E-state index contributed by atoms with van der Waals surface area (Å²) in [5.74, 6) is 2.60. The van der Waals surface area contributed by atoms with Crippen LogP contribution in [0.25, 0.3) is 6.08 Å². The zero-order chi connectivity index (χ0) is 21.3. The molecule has 0 spiro atoms. The molecule has 3 rings (SSSR count). The van der Waals surface area contributed by atoms with Crippen LogP contribution in [0.3, 0.4) is 0 Å². The van der Waals surface area contributed by atoms with Gasteiger partial charge in [-0.25, -0.2) is 0 Å². The molecule has 1 aliphatic rings. The van der Waals surface area contributed by atoms with Crippen LogP contribution in [-0.4, -0.2) is 44.3 Å². The molecule has 2 aromatic carbocycles. The molecule has 1 aliphatic heterocycles. The minimum atomic E-state index is -0.0854. The Bertz CT molecular complexity index is 922. The first-order chi connectivity index (χ1) is 14.7. The lowest BCUT2D eigenvalue weighted by Crippen LogP contribution is -2.29. The molecule has 0 aromatic heterocycles. The molecule has 0 saturated carbocycles. The SMILES string of the molecule is C=CCOc1ccc(/C=C/C(=O)N(CC)Cc2cccc3c2OCCO3)cc1OC. The number of hydrogen-bond acceptors (Lipinski definition) is 5. The predicted octanol–water partition coefficient (Wildman–Crippen LogP) is 4.09. The fourth-order valence-corrected chi connectivity index (χ4v) is 3.14. The van der Waals surface area contributed by atoms with Crippen molar-refractivity contribution in [3.8, 4) is 23.0 Å². The number of methoxy groups -OCH3 is 1. The fourth-order valence-electron chi connectivity index (χ4n) is 3.14. The molecule has 0 aliphatic carbocycles. The number of benzene rings is 2. The second-order valence-corrected chi connectivity index (χ2v) is 6.64. The van der Waals surface area contributed by atoms with Crippen LogP contribution in [0.15, 0.2) is 55.1 Å². The Balaban J connectivity index is 1.71. The third-order valence-electron chi connectivity index (χ3n) is 4.67. The standard InChI is InChI=1S/C24H27NO5/c1-4-13-28-20-11-9-18(16-22(20)27-3)10-12-23(26)25(5-2)17-19-7-6-8-21-24(19)30-15-14-29-21/h4,6-12,16H,1,5,13-15,17H2,2-3H3/b12-10+. The molecule has 158 valence electrons. The first kappa shape index (κ1) is 21.3. The van der Waals surface area contributed by atoms with Gasteiger partial charge in [-0.2, -0.15) is 0 Å². The van der Waals surface area contributed by atoms with Crippen molar-refractivity contribution in [1.29, 1.82) is 0 Å². The molecule has 0 radical (unpaired) electrons. The third-order valence-corrected chi connectivity index (χ3v) is 4.67. The molecular weight excluding hydrogens is 382 g/mol. The summed E-state index contributed by atoms with van der Waals surface area (Å²) in [5, 5.41) is 0. The van der Waals surface area contributed by atoms with E-state index in [-0.39, 0.29) is 5.91 Å². The lowest BCUT2D eigenvalue weighted by molar-refractivity contribution is -0.126. The van der Waals surface area contributed by atoms with Gasteiger partial charge in [0.1, 0.15) is 19.8 Å². The molecule has 0 atom stereocenters. The largest absolute Gasteiger partial charge is 0.493 e. The number of likely N-dealkylation sites (N-methyl/N-ethyl adjacent to an activating group) is 1. The van der Waals surface area contributed by atoms with Gasteiger partial charge in [-0.05, 0) is 36.8 Å². The molecule has 1 heterocycles. The van der Waals surface area contributed by atoms with Crippen LogP contribution in [0, 0.1) is 0 Å². The number of carbonyl (C=O) groups excluding carboxylic acids is 1. The van der Waals surface area contributed by atoms with Crippen LogP contribution >= 0.6 is 0 Å². The van der Waals surface area contributed by atoms with Gasteiger partial charge in [0.15, 0.2) is 23.0 Å². The van der Waals surface area contributed by atoms with Gasteiger partial charge in [-0.15, -0.1) is 0 Å². The number of hydrogen-bond donors (Lipinski definition) is 0. The van der Waals surface area contributed by atoms with Crippen molar-refractivity contribution < 1.29 is 23.7 Å². The van der Waals surface area contributed by atoms with Crippen molar-refractivity contribution in [2.24, 2.45) is 0 Å². The van der Waals surface area contributed by atoms with Gasteiger partial charge in [0.05, 0.1) is 7.11 Å². The van der Waals surface area contributed by atoms with Crippen molar-refractivity contribution in [2.75, 3.05) is 33.5 Å². The highest BCUT2D eigenvalue weighted by Crippen LogP contribution is 2.34. The third kappa shape index (κ3) is 5.14. The number of amides is 1. The Labute approximate surface area is 177 Å². The molecule has 6 heteroatoms. The van der Waals surface area contributed by atoms with Crippen LogP contribution in [0.5, 0.6) is 23.0 Å². The van der Waals surface area contributed by atoms with E-state index < -0.39 is 0 Å². The van der Waals surface area contributed by atoms with E-state index in [9.17, 15) is 4.79 Å². The highest BCUT2D eigenvalue weighted by atomic mass is 16.6. The molecule has 6 nitrogen and oxygen atoms in total. The average molecular weight is 409 g/mol. The number of fused-ring (bicyclic) bond motifs is 1. The summed E-state index contributed by atoms with van der Waals surface area (Å²) in [7, 11) is 1.58. The van der Waals surface area contributed by atoms with E-state index in [1.807, 2.05) is 43.3 Å². The van der Waals surface area contributed by atoms with E-state index in [4.69, 9.17) is 18.9 Å². The second kappa shape index (κ2) is 10.4. The summed E-state index contributed by atoms with van der Waals surface area (Å²) in [6.45, 7) is 8.06. The monoisotopic (exact) mass is 409 g/mol. The fraction of sp³-hybridized carbons (Fsp3) is 0.292. The van der Waals surface area contributed by atoms with Crippen LogP contribution in [-0.2, 0) is 11.3 Å². The van der Waals surface area contributed by atoms with Crippen molar-refractivity contribution in [3.63, 3.8) is 0 Å². The maximum absolute atomic E-state index is 12.8. The molecule has 30 heavy (non-hydrogen) atoms. The van der Waals surface area contributed by atoms with E-state index in [2.05, 4.69) is 6.58 Å². The maximum atomic E-state index is 12.8. The Morgan fingerprint density at radius 2 is 2.03 bits per heavy atom. The predicted molar refractivity (Wildman–Crippen MR) is 116 cm³/mol. The molecule has 0 unspecified atom stereocenters. The minimum Gasteiger partial charge on any atom is -0.493 e. The summed E-state index contributed by atoms with van der Waals surface area (Å²) < 4.78 is 22.3. The average Bonchev–Trinajstić information content (AvgIpc) is 2.79. The van der Waals surface area contributed by atoms with Gasteiger partial charge >= 0.3 is 0 Å². The van der Waals surface area contributed by atoms with Crippen molar-refractivity contribution in [1.82, 2.24) is 4.90 Å². The minimum absolute atomic E-state index is 0.0854. The highest BCUT2D eigenvalue weighted by molar-refractivity contribution is 5.91. The molecule has 0 N–H and O–H groups in total. The lowest BCUT2D eigenvalue weighted by atomic mass is 10.1. The van der Waals surface area contributed by atoms with Gasteiger partial charge in [0, 0.05) is 24.7 Å². The second-order valence-electron chi connectivity index (χ2n) is 6.64. The summed E-state index contributed by atoms with van der Waals surface area (Å²) in [4.78, 5) is 14.5. The van der Waals surface area contributed by atoms with Crippen molar-refractivity contribution >= 4 is 12.0 Å². The molecular formula is C24H27NO5. The zero-order valence-corrected chi connectivity index (χ0v) is 17.4. The van der Waals surface area contributed by atoms with E-state index in [0.717, 1.165) is 22.6 Å². The molecule has 1 amide bonds. The topological polar surface area (TPSA) is 57.2 Å². The van der Waals surface area contributed by atoms with Gasteiger partial charge in [0.25, 0.3) is 0 Å². The normalized spacial score (nSPS) is 12.5. The summed E-state index contributed by atoms with van der Waals surface area (Å²) in [6, 6.07) is 11.3. The van der Waals surface area contributed by atoms with Crippen LogP contribution in [0.4, 0.5) is 0 Å². The number of nitrogens with zero attached hydrogens (tertiary/aromatic N) is 1. The first-order valence-corrected chi connectivity index (χ1v) is 9.92. The number of ether oxygens (including phenoxy) is 4.